The van der Waals surface area contributed by atoms with Crippen LogP contribution in [0.1, 0.15) is 25.5 Å². The Morgan fingerprint density at radius 1 is 1.67 bits per heavy atom. The van der Waals surface area contributed by atoms with Crippen LogP contribution in [0.4, 0.5) is 0 Å². The minimum atomic E-state index is 0.145. The Labute approximate surface area is 80.3 Å². The Morgan fingerprint density at radius 2 is 2.33 bits per heavy atom. The second-order valence-corrected chi connectivity index (χ2v) is 4.49. The van der Waals surface area contributed by atoms with E-state index >= 15 is 0 Å². The third kappa shape index (κ3) is 1.12. The molecule has 1 heterocycles. The normalized spacial score (nSPS) is 22.2. The van der Waals surface area contributed by atoms with E-state index in [4.69, 9.17) is 10.2 Å². The maximum absolute atomic E-state index is 5.90. The van der Waals surface area contributed by atoms with Crippen LogP contribution in [0.5, 0.6) is 0 Å². The van der Waals surface area contributed by atoms with Gasteiger partial charge in [0.15, 0.2) is 0 Å². The molecule has 1 aliphatic rings. The third-order valence-corrected chi connectivity index (χ3v) is 3.13. The smallest absolute Gasteiger partial charge is 0.112 e. The molecule has 0 spiro atoms. The molecule has 1 saturated carbocycles. The standard InChI is InChI=1S/C9H12BrNO/c1-6(11)9(2-3-9)8-4-7(10)5-12-8/h4-6H,2-3,11H2,1H3. The van der Waals surface area contributed by atoms with E-state index in [2.05, 4.69) is 15.9 Å². The third-order valence-electron chi connectivity index (χ3n) is 2.72. The second kappa shape index (κ2) is 2.60. The maximum Gasteiger partial charge on any atom is 0.112 e. The van der Waals surface area contributed by atoms with Crippen LogP contribution in [0.2, 0.25) is 0 Å². The average Bonchev–Trinajstić information content (AvgIpc) is 2.71. The SMILES string of the molecule is CC(N)C1(c2cc(Br)co2)CC1. The molecule has 0 amide bonds. The fraction of sp³-hybridized carbons (Fsp3) is 0.556. The molecule has 1 aliphatic carbocycles. The van der Waals surface area contributed by atoms with Gasteiger partial charge in [0, 0.05) is 11.5 Å². The van der Waals surface area contributed by atoms with Crippen LogP contribution in [0, 0.1) is 0 Å². The van der Waals surface area contributed by atoms with E-state index in [0.29, 0.717) is 0 Å². The predicted octanol–water partition coefficient (Wildman–Crippen LogP) is 2.42. The van der Waals surface area contributed by atoms with Gasteiger partial charge in [-0.15, -0.1) is 0 Å². The molecule has 3 heteroatoms. The zero-order valence-corrected chi connectivity index (χ0v) is 8.60. The van der Waals surface area contributed by atoms with Crippen molar-refractivity contribution in [2.24, 2.45) is 5.73 Å². The van der Waals surface area contributed by atoms with E-state index in [-0.39, 0.29) is 11.5 Å². The summed E-state index contributed by atoms with van der Waals surface area (Å²) in [4.78, 5) is 0. The molecule has 1 aromatic rings. The number of nitrogens with two attached hydrogens (primary N) is 1. The van der Waals surface area contributed by atoms with Crippen LogP contribution in [-0.4, -0.2) is 6.04 Å². The molecule has 2 rings (SSSR count). The summed E-state index contributed by atoms with van der Waals surface area (Å²) >= 11 is 3.37. The van der Waals surface area contributed by atoms with Gasteiger partial charge in [-0.3, -0.25) is 0 Å². The van der Waals surface area contributed by atoms with Gasteiger partial charge in [-0.25, -0.2) is 0 Å². The van der Waals surface area contributed by atoms with Gasteiger partial charge >= 0.3 is 0 Å². The molecule has 2 N–H and O–H groups in total. The first kappa shape index (κ1) is 8.32. The van der Waals surface area contributed by atoms with Crippen molar-refractivity contribution >= 4 is 15.9 Å². The van der Waals surface area contributed by atoms with Crippen molar-refractivity contribution in [1.82, 2.24) is 0 Å². The van der Waals surface area contributed by atoms with Crippen molar-refractivity contribution in [3.05, 3.63) is 22.6 Å². The molecule has 1 fully saturated rings. The van der Waals surface area contributed by atoms with Crippen LogP contribution in [0.15, 0.2) is 21.2 Å². The van der Waals surface area contributed by atoms with Crippen molar-refractivity contribution in [3.8, 4) is 0 Å². The van der Waals surface area contributed by atoms with E-state index in [9.17, 15) is 0 Å². The first-order valence-corrected chi connectivity index (χ1v) is 4.94. The number of halogens is 1. The number of rotatable bonds is 2. The Bertz CT molecular complexity index is 288. The van der Waals surface area contributed by atoms with Gasteiger partial charge in [-0.05, 0) is 41.8 Å². The summed E-state index contributed by atoms with van der Waals surface area (Å²) in [5, 5.41) is 0. The molecule has 1 aromatic heterocycles. The lowest BCUT2D eigenvalue weighted by atomic mass is 9.96. The largest absolute Gasteiger partial charge is 0.467 e. The van der Waals surface area contributed by atoms with Crippen LogP contribution >= 0.6 is 15.9 Å². The van der Waals surface area contributed by atoms with Crippen molar-refractivity contribution in [2.45, 2.75) is 31.2 Å². The molecule has 2 nitrogen and oxygen atoms in total. The Kier molecular flexibility index (Phi) is 1.81. The quantitative estimate of drug-likeness (QED) is 0.847. The van der Waals surface area contributed by atoms with Crippen LogP contribution < -0.4 is 5.73 Å². The van der Waals surface area contributed by atoms with Gasteiger partial charge in [-0.1, -0.05) is 0 Å². The lowest BCUT2D eigenvalue weighted by molar-refractivity contribution is 0.413. The Balaban J connectivity index is 2.30. The van der Waals surface area contributed by atoms with Gasteiger partial charge < -0.3 is 10.2 Å². The molecular formula is C9H12BrNO. The molecule has 0 radical (unpaired) electrons. The molecule has 1 unspecified atom stereocenters. The summed E-state index contributed by atoms with van der Waals surface area (Å²) in [7, 11) is 0. The second-order valence-electron chi connectivity index (χ2n) is 3.57. The molecule has 0 saturated heterocycles. The lowest BCUT2D eigenvalue weighted by Crippen LogP contribution is -2.31. The number of furan rings is 1. The predicted molar refractivity (Wildman–Crippen MR) is 51.0 cm³/mol. The summed E-state index contributed by atoms with van der Waals surface area (Å²) in [5.74, 6) is 1.03. The highest BCUT2D eigenvalue weighted by Gasteiger charge is 2.50. The molecule has 1 atom stereocenters. The van der Waals surface area contributed by atoms with Crippen LogP contribution in [-0.2, 0) is 5.41 Å². The van der Waals surface area contributed by atoms with E-state index in [1.54, 1.807) is 6.26 Å². The fourth-order valence-electron chi connectivity index (χ4n) is 1.63. The minimum absolute atomic E-state index is 0.145. The van der Waals surface area contributed by atoms with Gasteiger partial charge in [0.1, 0.15) is 12.0 Å². The van der Waals surface area contributed by atoms with Gasteiger partial charge in [0.25, 0.3) is 0 Å². The average molecular weight is 230 g/mol. The molecule has 0 aliphatic heterocycles. The monoisotopic (exact) mass is 229 g/mol. The lowest BCUT2D eigenvalue weighted by Gasteiger charge is -2.15. The van der Waals surface area contributed by atoms with Gasteiger partial charge in [0.05, 0.1) is 4.47 Å². The van der Waals surface area contributed by atoms with Crippen LogP contribution in [0.25, 0.3) is 0 Å². The van der Waals surface area contributed by atoms with Gasteiger partial charge in [-0.2, -0.15) is 0 Å². The number of hydrogen-bond acceptors (Lipinski definition) is 2. The van der Waals surface area contributed by atoms with E-state index < -0.39 is 0 Å². The van der Waals surface area contributed by atoms with E-state index in [0.717, 1.165) is 23.1 Å². The Morgan fingerprint density at radius 3 is 2.67 bits per heavy atom. The highest BCUT2D eigenvalue weighted by atomic mass is 79.9. The highest BCUT2D eigenvalue weighted by Crippen LogP contribution is 2.50. The van der Waals surface area contributed by atoms with E-state index in [1.165, 1.54) is 0 Å². The fourth-order valence-corrected chi connectivity index (χ4v) is 1.94. The van der Waals surface area contributed by atoms with Crippen molar-refractivity contribution in [3.63, 3.8) is 0 Å². The molecule has 0 bridgehead atoms. The molecule has 66 valence electrons. The Hall–Kier alpha value is -0.280. The summed E-state index contributed by atoms with van der Waals surface area (Å²) < 4.78 is 6.43. The maximum atomic E-state index is 5.90. The van der Waals surface area contributed by atoms with Crippen molar-refractivity contribution < 1.29 is 4.42 Å². The summed E-state index contributed by atoms with van der Waals surface area (Å²) in [5.41, 5.74) is 6.04. The molecule has 12 heavy (non-hydrogen) atoms. The van der Waals surface area contributed by atoms with Crippen molar-refractivity contribution in [2.75, 3.05) is 0 Å². The molecule has 0 aromatic carbocycles. The summed E-state index contributed by atoms with van der Waals surface area (Å²) in [6.45, 7) is 2.05. The minimum Gasteiger partial charge on any atom is -0.467 e. The summed E-state index contributed by atoms with van der Waals surface area (Å²) in [6.07, 6.45) is 4.03. The van der Waals surface area contributed by atoms with Gasteiger partial charge in [0.2, 0.25) is 0 Å². The molecular weight excluding hydrogens is 218 g/mol. The topological polar surface area (TPSA) is 39.2 Å². The first-order valence-electron chi connectivity index (χ1n) is 4.15. The highest BCUT2D eigenvalue weighted by molar-refractivity contribution is 9.10. The van der Waals surface area contributed by atoms with Crippen molar-refractivity contribution in [1.29, 1.82) is 0 Å². The summed E-state index contributed by atoms with van der Waals surface area (Å²) in [6, 6.07) is 2.21. The zero-order chi connectivity index (χ0) is 8.77. The van der Waals surface area contributed by atoms with Crippen LogP contribution in [0.3, 0.4) is 0 Å². The first-order chi connectivity index (χ1) is 5.65. The number of hydrogen-bond donors (Lipinski definition) is 1. The van der Waals surface area contributed by atoms with E-state index in [1.807, 2.05) is 13.0 Å². The zero-order valence-electron chi connectivity index (χ0n) is 7.01.